The fourth-order valence-corrected chi connectivity index (χ4v) is 2.76. The molecule has 2 heteroatoms. The third-order valence-corrected chi connectivity index (χ3v) is 3.94. The van der Waals surface area contributed by atoms with Crippen molar-refractivity contribution in [2.75, 3.05) is 0 Å². The summed E-state index contributed by atoms with van der Waals surface area (Å²) < 4.78 is 6.11. The van der Waals surface area contributed by atoms with E-state index in [1.807, 2.05) is 61.6 Å². The van der Waals surface area contributed by atoms with Gasteiger partial charge in [-0.05, 0) is 54.2 Å². The lowest BCUT2D eigenvalue weighted by Crippen LogP contribution is -2.00. The Morgan fingerprint density at radius 1 is 1.12 bits per heavy atom. The minimum Gasteiger partial charge on any atom is -0.457 e. The molecular weight excluding hydrogens is 318 g/mol. The van der Waals surface area contributed by atoms with Crippen LogP contribution in [-0.2, 0) is 6.42 Å². The van der Waals surface area contributed by atoms with Crippen LogP contribution in [0.15, 0.2) is 61.2 Å². The normalized spacial score (nSPS) is 11.4. The molecule has 1 N–H and O–H groups in total. The first-order valence-electron chi connectivity index (χ1n) is 8.94. The number of allylic oxidation sites excluding steroid dienone is 3. The lowest BCUT2D eigenvalue weighted by Gasteiger charge is -2.15. The minimum absolute atomic E-state index is 0.551. The van der Waals surface area contributed by atoms with E-state index in [0.29, 0.717) is 11.7 Å². The van der Waals surface area contributed by atoms with Crippen molar-refractivity contribution in [1.29, 1.82) is 5.41 Å². The molecule has 0 atom stereocenters. The SMILES string of the molecule is C=Cc1cc(CC(C)C)cc(Oc2ccc(/C=C\C=C\C)cc2)c1C=N. The van der Waals surface area contributed by atoms with Crippen LogP contribution in [0.5, 0.6) is 11.5 Å². The van der Waals surface area contributed by atoms with Gasteiger partial charge >= 0.3 is 0 Å². The molecule has 0 radical (unpaired) electrons. The van der Waals surface area contributed by atoms with Gasteiger partial charge in [0.2, 0.25) is 0 Å². The molecule has 2 aromatic rings. The van der Waals surface area contributed by atoms with Gasteiger partial charge in [0.1, 0.15) is 11.5 Å². The molecule has 0 saturated carbocycles. The monoisotopic (exact) mass is 345 g/mol. The van der Waals surface area contributed by atoms with Crippen LogP contribution in [0, 0.1) is 11.3 Å². The molecule has 0 unspecified atom stereocenters. The Hall–Kier alpha value is -2.87. The summed E-state index contributed by atoms with van der Waals surface area (Å²) in [6.45, 7) is 10.3. The maximum atomic E-state index is 7.77. The molecule has 134 valence electrons. The molecule has 0 amide bonds. The van der Waals surface area contributed by atoms with Gasteiger partial charge in [0, 0.05) is 11.8 Å². The highest BCUT2D eigenvalue weighted by Gasteiger charge is 2.11. The zero-order valence-corrected chi connectivity index (χ0v) is 15.8. The van der Waals surface area contributed by atoms with Crippen molar-refractivity contribution in [3.05, 3.63) is 83.5 Å². The highest BCUT2D eigenvalue weighted by atomic mass is 16.5. The van der Waals surface area contributed by atoms with Crippen LogP contribution in [-0.4, -0.2) is 6.21 Å². The number of benzene rings is 2. The van der Waals surface area contributed by atoms with Crippen LogP contribution in [0.4, 0.5) is 0 Å². The second-order valence-electron chi connectivity index (χ2n) is 6.60. The van der Waals surface area contributed by atoms with Crippen molar-refractivity contribution < 1.29 is 4.74 Å². The van der Waals surface area contributed by atoms with E-state index in [-0.39, 0.29) is 0 Å². The zero-order chi connectivity index (χ0) is 18.9. The van der Waals surface area contributed by atoms with E-state index >= 15 is 0 Å². The van der Waals surface area contributed by atoms with Crippen molar-refractivity contribution in [3.63, 3.8) is 0 Å². The third-order valence-electron chi connectivity index (χ3n) is 3.94. The Labute approximate surface area is 157 Å². The first-order valence-corrected chi connectivity index (χ1v) is 8.94. The quantitative estimate of drug-likeness (QED) is 0.409. The molecule has 2 rings (SSSR count). The standard InChI is InChI=1S/C24H27NO/c1-5-7-8-9-19-10-12-22(13-11-19)26-24-16-20(14-18(3)4)15-21(6-2)23(24)17-25/h5-13,15-18,25H,2,14H2,1,3-4H3/b7-5+,9-8-,25-17?. The Balaban J connectivity index is 2.32. The third kappa shape index (κ3) is 5.32. The molecule has 0 fully saturated rings. The summed E-state index contributed by atoms with van der Waals surface area (Å²) in [6, 6.07) is 12.1. The van der Waals surface area contributed by atoms with Crippen molar-refractivity contribution >= 4 is 18.4 Å². The average Bonchev–Trinajstić information content (AvgIpc) is 2.62. The van der Waals surface area contributed by atoms with Crippen LogP contribution in [0.25, 0.3) is 12.2 Å². The zero-order valence-electron chi connectivity index (χ0n) is 15.8. The van der Waals surface area contributed by atoms with Crippen LogP contribution >= 0.6 is 0 Å². The fraction of sp³-hybridized carbons (Fsp3) is 0.208. The van der Waals surface area contributed by atoms with Crippen molar-refractivity contribution in [3.8, 4) is 11.5 Å². The second-order valence-corrected chi connectivity index (χ2v) is 6.60. The molecule has 0 spiro atoms. The highest BCUT2D eigenvalue weighted by molar-refractivity contribution is 5.87. The summed E-state index contributed by atoms with van der Waals surface area (Å²) in [5, 5.41) is 7.77. The van der Waals surface area contributed by atoms with E-state index in [1.165, 1.54) is 11.8 Å². The molecule has 0 heterocycles. The summed E-state index contributed by atoms with van der Waals surface area (Å²) in [5.74, 6) is 2.01. The maximum Gasteiger partial charge on any atom is 0.137 e. The predicted octanol–water partition coefficient (Wildman–Crippen LogP) is 6.91. The summed E-state index contributed by atoms with van der Waals surface area (Å²) in [4.78, 5) is 0. The lowest BCUT2D eigenvalue weighted by atomic mass is 9.97. The predicted molar refractivity (Wildman–Crippen MR) is 113 cm³/mol. The Kier molecular flexibility index (Phi) is 7.16. The van der Waals surface area contributed by atoms with E-state index in [4.69, 9.17) is 10.1 Å². The second kappa shape index (κ2) is 9.57. The highest BCUT2D eigenvalue weighted by Crippen LogP contribution is 2.30. The van der Waals surface area contributed by atoms with Crippen LogP contribution in [0.1, 0.15) is 43.0 Å². The largest absolute Gasteiger partial charge is 0.457 e. The van der Waals surface area contributed by atoms with Gasteiger partial charge in [0.05, 0.1) is 0 Å². The van der Waals surface area contributed by atoms with E-state index in [0.717, 1.165) is 28.9 Å². The smallest absolute Gasteiger partial charge is 0.137 e. The lowest BCUT2D eigenvalue weighted by molar-refractivity contribution is 0.480. The number of hydrogen-bond acceptors (Lipinski definition) is 2. The molecule has 2 nitrogen and oxygen atoms in total. The molecule has 0 aromatic heterocycles. The van der Waals surface area contributed by atoms with Crippen molar-refractivity contribution in [2.45, 2.75) is 27.2 Å². The van der Waals surface area contributed by atoms with Gasteiger partial charge in [-0.15, -0.1) is 0 Å². The number of nitrogens with one attached hydrogen (secondary N) is 1. The van der Waals surface area contributed by atoms with E-state index in [9.17, 15) is 0 Å². The van der Waals surface area contributed by atoms with Crippen molar-refractivity contribution in [2.24, 2.45) is 5.92 Å². The number of rotatable bonds is 8. The van der Waals surface area contributed by atoms with Gasteiger partial charge in [-0.25, -0.2) is 0 Å². The minimum atomic E-state index is 0.551. The van der Waals surface area contributed by atoms with Crippen molar-refractivity contribution in [1.82, 2.24) is 0 Å². The Morgan fingerprint density at radius 3 is 2.42 bits per heavy atom. The van der Waals surface area contributed by atoms with Gasteiger partial charge in [-0.2, -0.15) is 0 Å². The topological polar surface area (TPSA) is 33.1 Å². The molecule has 0 bridgehead atoms. The maximum absolute atomic E-state index is 7.77. The summed E-state index contributed by atoms with van der Waals surface area (Å²) in [5.41, 5.74) is 3.99. The molecule has 0 saturated heterocycles. The van der Waals surface area contributed by atoms with Crippen LogP contribution < -0.4 is 4.74 Å². The van der Waals surface area contributed by atoms with Gasteiger partial charge in [0.15, 0.2) is 0 Å². The molecule has 2 aromatic carbocycles. The Bertz CT molecular complexity index is 811. The molecular formula is C24H27NO. The number of ether oxygens (including phenoxy) is 1. The summed E-state index contributed by atoms with van der Waals surface area (Å²) in [6.07, 6.45) is 12.1. The fourth-order valence-electron chi connectivity index (χ4n) is 2.76. The van der Waals surface area contributed by atoms with Crippen LogP contribution in [0.3, 0.4) is 0 Å². The van der Waals surface area contributed by atoms with Gasteiger partial charge in [-0.1, -0.05) is 69.0 Å². The molecule has 0 aliphatic heterocycles. The molecule has 0 aliphatic rings. The van der Waals surface area contributed by atoms with Crippen LogP contribution in [0.2, 0.25) is 0 Å². The van der Waals surface area contributed by atoms with Gasteiger partial charge in [-0.3, -0.25) is 0 Å². The van der Waals surface area contributed by atoms with E-state index in [1.54, 1.807) is 6.08 Å². The average molecular weight is 345 g/mol. The molecule has 0 aliphatic carbocycles. The Morgan fingerprint density at radius 2 is 1.85 bits per heavy atom. The molecule has 26 heavy (non-hydrogen) atoms. The first kappa shape index (κ1) is 19.5. The summed E-state index contributed by atoms with van der Waals surface area (Å²) in [7, 11) is 0. The van der Waals surface area contributed by atoms with E-state index in [2.05, 4.69) is 26.5 Å². The van der Waals surface area contributed by atoms with Gasteiger partial charge in [0.25, 0.3) is 0 Å². The van der Waals surface area contributed by atoms with E-state index < -0.39 is 0 Å². The number of hydrogen-bond donors (Lipinski definition) is 1. The summed E-state index contributed by atoms with van der Waals surface area (Å²) >= 11 is 0. The first-order chi connectivity index (χ1) is 12.6. The van der Waals surface area contributed by atoms with Gasteiger partial charge < -0.3 is 10.1 Å².